The van der Waals surface area contributed by atoms with Crippen molar-refractivity contribution in [3.8, 4) is 5.69 Å². The molecule has 1 N–H and O–H groups in total. The molecule has 2 saturated heterocycles. The first-order valence-electron chi connectivity index (χ1n) is 10.2. The molecule has 8 nitrogen and oxygen atoms in total. The van der Waals surface area contributed by atoms with Crippen molar-refractivity contribution in [1.29, 1.82) is 0 Å². The van der Waals surface area contributed by atoms with Gasteiger partial charge in [0.1, 0.15) is 11.6 Å². The van der Waals surface area contributed by atoms with Gasteiger partial charge in [-0.05, 0) is 44.5 Å². The summed E-state index contributed by atoms with van der Waals surface area (Å²) in [7, 11) is 0. The van der Waals surface area contributed by atoms with Crippen molar-refractivity contribution in [3.63, 3.8) is 0 Å². The first kappa shape index (κ1) is 23.1. The van der Waals surface area contributed by atoms with Gasteiger partial charge in [0.15, 0.2) is 5.69 Å². The van der Waals surface area contributed by atoms with Gasteiger partial charge in [-0.1, -0.05) is 0 Å². The van der Waals surface area contributed by atoms with E-state index in [2.05, 4.69) is 10.4 Å². The molecule has 2 aromatic rings. The standard InChI is InChI=1S/C21H21F3N4O4S/c1-3-32-19(31)14-10-25-28(17(14)21(22,23)24)13-6-4-12(5-7-13)26-18(30)15-11-33-20(2)9-8-16(29)27(15)20/h4-7,10,15H,3,8-9,11H2,1-2H3,(H,26,30). The molecule has 1 aromatic heterocycles. The molecule has 2 unspecified atom stereocenters. The molecule has 2 fully saturated rings. The van der Waals surface area contributed by atoms with Crippen LogP contribution in [0.4, 0.5) is 18.9 Å². The highest BCUT2D eigenvalue weighted by atomic mass is 32.2. The molecule has 12 heteroatoms. The van der Waals surface area contributed by atoms with Gasteiger partial charge in [0.2, 0.25) is 11.8 Å². The summed E-state index contributed by atoms with van der Waals surface area (Å²) in [6.45, 7) is 3.36. The number of amides is 2. The van der Waals surface area contributed by atoms with E-state index >= 15 is 0 Å². The van der Waals surface area contributed by atoms with Crippen LogP contribution in [0.2, 0.25) is 0 Å². The fraction of sp³-hybridized carbons (Fsp3) is 0.429. The first-order valence-corrected chi connectivity index (χ1v) is 11.2. The third kappa shape index (κ3) is 4.19. The minimum Gasteiger partial charge on any atom is -0.462 e. The summed E-state index contributed by atoms with van der Waals surface area (Å²) in [5.41, 5.74) is -1.51. The monoisotopic (exact) mass is 482 g/mol. The lowest BCUT2D eigenvalue weighted by Gasteiger charge is -2.29. The number of nitrogens with one attached hydrogen (secondary N) is 1. The number of carbonyl (C=O) groups is 3. The molecule has 2 atom stereocenters. The fourth-order valence-electron chi connectivity index (χ4n) is 4.10. The first-order chi connectivity index (χ1) is 15.5. The van der Waals surface area contributed by atoms with Crippen LogP contribution in [0.3, 0.4) is 0 Å². The number of hydrogen-bond acceptors (Lipinski definition) is 6. The Balaban J connectivity index is 1.54. The molecule has 0 bridgehead atoms. The molecule has 0 aliphatic carbocycles. The normalized spacial score (nSPS) is 22.4. The summed E-state index contributed by atoms with van der Waals surface area (Å²) < 4.78 is 46.3. The molecular formula is C21H21F3N4O4S. The largest absolute Gasteiger partial charge is 0.462 e. The van der Waals surface area contributed by atoms with E-state index < -0.39 is 29.4 Å². The maximum atomic E-state index is 13.7. The molecular weight excluding hydrogens is 461 g/mol. The van der Waals surface area contributed by atoms with Crippen molar-refractivity contribution >= 4 is 35.2 Å². The second-order valence-corrected chi connectivity index (χ2v) is 9.34. The van der Waals surface area contributed by atoms with Crippen molar-refractivity contribution in [2.24, 2.45) is 0 Å². The number of carbonyl (C=O) groups excluding carboxylic acids is 3. The predicted octanol–water partition coefficient (Wildman–Crippen LogP) is 3.46. The number of anilines is 1. The van der Waals surface area contributed by atoms with E-state index in [9.17, 15) is 27.6 Å². The number of alkyl halides is 3. The Kier molecular flexibility index (Phi) is 5.89. The maximum absolute atomic E-state index is 13.7. The van der Waals surface area contributed by atoms with Crippen molar-refractivity contribution < 1.29 is 32.3 Å². The molecule has 2 aliphatic heterocycles. The molecule has 0 saturated carbocycles. The Morgan fingerprint density at radius 2 is 2.00 bits per heavy atom. The van der Waals surface area contributed by atoms with E-state index in [1.165, 1.54) is 31.2 Å². The second kappa shape index (κ2) is 8.40. The zero-order valence-corrected chi connectivity index (χ0v) is 18.6. The van der Waals surface area contributed by atoms with E-state index in [1.807, 2.05) is 6.92 Å². The number of benzene rings is 1. The summed E-state index contributed by atoms with van der Waals surface area (Å²) in [6, 6.07) is 4.96. The van der Waals surface area contributed by atoms with E-state index in [0.29, 0.717) is 29.0 Å². The molecule has 2 aliphatic rings. The van der Waals surface area contributed by atoms with Crippen LogP contribution in [0.25, 0.3) is 5.69 Å². The molecule has 176 valence electrons. The van der Waals surface area contributed by atoms with Crippen molar-refractivity contribution in [1.82, 2.24) is 14.7 Å². The highest BCUT2D eigenvalue weighted by Crippen LogP contribution is 2.47. The van der Waals surface area contributed by atoms with E-state index in [-0.39, 0.29) is 29.0 Å². The van der Waals surface area contributed by atoms with Crippen LogP contribution < -0.4 is 5.32 Å². The molecule has 0 spiro atoms. The highest BCUT2D eigenvalue weighted by Gasteiger charge is 2.52. The smallest absolute Gasteiger partial charge is 0.434 e. The van der Waals surface area contributed by atoms with E-state index in [0.717, 1.165) is 6.20 Å². The maximum Gasteiger partial charge on any atom is 0.434 e. The van der Waals surface area contributed by atoms with Gasteiger partial charge in [0.05, 0.1) is 23.4 Å². The Hall–Kier alpha value is -3.02. The third-order valence-electron chi connectivity index (χ3n) is 5.66. The lowest BCUT2D eigenvalue weighted by atomic mass is 10.2. The number of thioether (sulfide) groups is 1. The Labute approximate surface area is 191 Å². The Bertz CT molecular complexity index is 1100. The molecule has 3 heterocycles. The van der Waals surface area contributed by atoms with Gasteiger partial charge >= 0.3 is 12.1 Å². The average Bonchev–Trinajstić information content (AvgIpc) is 3.42. The summed E-state index contributed by atoms with van der Waals surface area (Å²) in [5.74, 6) is -1.05. The number of nitrogens with zero attached hydrogens (tertiary/aromatic N) is 3. The van der Waals surface area contributed by atoms with Gasteiger partial charge in [0.25, 0.3) is 0 Å². The molecule has 33 heavy (non-hydrogen) atoms. The summed E-state index contributed by atoms with van der Waals surface area (Å²) in [5, 5.41) is 6.45. The van der Waals surface area contributed by atoms with Gasteiger partial charge in [-0.2, -0.15) is 18.3 Å². The SMILES string of the molecule is CCOC(=O)c1cnn(-c2ccc(NC(=O)C3CSC4(C)CCC(=O)N34)cc2)c1C(F)(F)F. The highest BCUT2D eigenvalue weighted by molar-refractivity contribution is 8.01. The van der Waals surface area contributed by atoms with Crippen LogP contribution in [0.15, 0.2) is 30.5 Å². The summed E-state index contributed by atoms with van der Waals surface area (Å²) in [6.07, 6.45) is -2.94. The Morgan fingerprint density at radius 1 is 1.30 bits per heavy atom. The van der Waals surface area contributed by atoms with Gasteiger partial charge in [-0.15, -0.1) is 11.8 Å². The van der Waals surface area contributed by atoms with Crippen LogP contribution in [-0.2, 0) is 20.5 Å². The van der Waals surface area contributed by atoms with Crippen molar-refractivity contribution in [2.45, 2.75) is 43.8 Å². The summed E-state index contributed by atoms with van der Waals surface area (Å²) in [4.78, 5) is 38.2. The molecule has 4 rings (SSSR count). The van der Waals surface area contributed by atoms with Gasteiger partial charge in [-0.25, -0.2) is 9.48 Å². The molecule has 2 amide bonds. The zero-order valence-electron chi connectivity index (χ0n) is 17.8. The van der Waals surface area contributed by atoms with E-state index in [1.54, 1.807) is 16.7 Å². The number of rotatable bonds is 5. The fourth-order valence-corrected chi connectivity index (χ4v) is 5.53. The lowest BCUT2D eigenvalue weighted by molar-refractivity contribution is -0.143. The molecule has 0 radical (unpaired) electrons. The van der Waals surface area contributed by atoms with E-state index in [4.69, 9.17) is 4.74 Å². The van der Waals surface area contributed by atoms with Crippen LogP contribution in [0.1, 0.15) is 42.7 Å². The quantitative estimate of drug-likeness (QED) is 0.656. The molecule has 1 aromatic carbocycles. The van der Waals surface area contributed by atoms with Crippen LogP contribution >= 0.6 is 11.8 Å². The van der Waals surface area contributed by atoms with Gasteiger partial charge in [-0.3, -0.25) is 9.59 Å². The number of esters is 1. The number of halogens is 3. The topological polar surface area (TPSA) is 93.5 Å². The van der Waals surface area contributed by atoms with Crippen LogP contribution in [0, 0.1) is 0 Å². The number of ether oxygens (including phenoxy) is 1. The number of hydrogen-bond donors (Lipinski definition) is 1. The Morgan fingerprint density at radius 3 is 2.64 bits per heavy atom. The lowest BCUT2D eigenvalue weighted by Crippen LogP contribution is -2.48. The van der Waals surface area contributed by atoms with Crippen molar-refractivity contribution in [2.75, 3.05) is 17.7 Å². The van der Waals surface area contributed by atoms with Crippen LogP contribution in [0.5, 0.6) is 0 Å². The second-order valence-electron chi connectivity index (χ2n) is 7.84. The minimum atomic E-state index is -4.85. The van der Waals surface area contributed by atoms with Crippen molar-refractivity contribution in [3.05, 3.63) is 41.7 Å². The number of fused-ring (bicyclic) bond motifs is 1. The number of aromatic nitrogens is 2. The minimum absolute atomic E-state index is 0.0505. The third-order valence-corrected chi connectivity index (χ3v) is 7.17. The predicted molar refractivity (Wildman–Crippen MR) is 114 cm³/mol. The van der Waals surface area contributed by atoms with Gasteiger partial charge in [0, 0.05) is 17.9 Å². The zero-order chi connectivity index (χ0) is 24.0. The van der Waals surface area contributed by atoms with Crippen LogP contribution in [-0.4, -0.2) is 55.7 Å². The average molecular weight is 482 g/mol. The summed E-state index contributed by atoms with van der Waals surface area (Å²) >= 11 is 1.57. The van der Waals surface area contributed by atoms with Gasteiger partial charge < -0.3 is 15.0 Å².